The van der Waals surface area contributed by atoms with Gasteiger partial charge in [-0.05, 0) is 46.3 Å². The van der Waals surface area contributed by atoms with Crippen molar-refractivity contribution in [3.8, 4) is 11.5 Å². The molecule has 3 nitrogen and oxygen atoms in total. The van der Waals surface area contributed by atoms with Crippen molar-refractivity contribution in [2.45, 2.75) is 6.18 Å². The van der Waals surface area contributed by atoms with Crippen LogP contribution in [0.1, 0.15) is 21.5 Å². The summed E-state index contributed by atoms with van der Waals surface area (Å²) in [6.45, 7) is 0. The van der Waals surface area contributed by atoms with Gasteiger partial charge in [0.15, 0.2) is 5.78 Å². The van der Waals surface area contributed by atoms with Crippen LogP contribution in [0.3, 0.4) is 0 Å². The van der Waals surface area contributed by atoms with Crippen molar-refractivity contribution < 1.29 is 27.4 Å². The Morgan fingerprint density at radius 2 is 1.64 bits per heavy atom. The van der Waals surface area contributed by atoms with E-state index in [1.54, 1.807) is 12.1 Å². The lowest BCUT2D eigenvalue weighted by atomic mass is 10.1. The van der Waals surface area contributed by atoms with Crippen LogP contribution in [0.2, 0.25) is 0 Å². The molecule has 2 aromatic rings. The molecule has 0 unspecified atom stereocenters. The lowest BCUT2D eigenvalue weighted by Gasteiger charge is -2.09. The Kier molecular flexibility index (Phi) is 5.89. The second kappa shape index (κ2) is 7.74. The summed E-state index contributed by atoms with van der Waals surface area (Å²) >= 11 is 3.34. The first-order valence-electron chi connectivity index (χ1n) is 7.07. The van der Waals surface area contributed by atoms with E-state index >= 15 is 0 Å². The number of ether oxygens (including phenoxy) is 2. The van der Waals surface area contributed by atoms with Gasteiger partial charge >= 0.3 is 6.18 Å². The van der Waals surface area contributed by atoms with Crippen LogP contribution >= 0.6 is 15.9 Å². The van der Waals surface area contributed by atoms with Crippen LogP contribution in [0.5, 0.6) is 11.5 Å². The van der Waals surface area contributed by atoms with Crippen LogP contribution in [0.15, 0.2) is 46.9 Å². The molecule has 0 N–H and O–H groups in total. The third-order valence-electron chi connectivity index (χ3n) is 3.42. The highest BCUT2D eigenvalue weighted by atomic mass is 79.9. The van der Waals surface area contributed by atoms with Crippen molar-refractivity contribution in [3.05, 3.63) is 63.6 Å². The van der Waals surface area contributed by atoms with Gasteiger partial charge in [-0.1, -0.05) is 12.1 Å². The minimum Gasteiger partial charge on any atom is -0.496 e. The number of benzene rings is 2. The second-order valence-electron chi connectivity index (χ2n) is 5.00. The summed E-state index contributed by atoms with van der Waals surface area (Å²) in [5, 5.41) is 0. The van der Waals surface area contributed by atoms with E-state index in [1.165, 1.54) is 26.4 Å². The molecule has 2 aromatic carbocycles. The van der Waals surface area contributed by atoms with Crippen molar-refractivity contribution in [1.82, 2.24) is 0 Å². The molecule has 0 aliphatic heterocycles. The standard InChI is InChI=1S/C18H14BrF3O3/c1-24-16-10-17(25-2)14(19)9-12(16)5-8-15(23)11-3-6-13(7-4-11)18(20,21)22/h3-10H,1-2H3/b8-5+. The fraction of sp³-hybridized carbons (Fsp3) is 0.167. The summed E-state index contributed by atoms with van der Waals surface area (Å²) in [5.74, 6) is 0.655. The van der Waals surface area contributed by atoms with E-state index in [9.17, 15) is 18.0 Å². The molecule has 0 bridgehead atoms. The molecule has 0 saturated heterocycles. The van der Waals surface area contributed by atoms with Gasteiger partial charge in [0.05, 0.1) is 24.3 Å². The van der Waals surface area contributed by atoms with E-state index in [0.29, 0.717) is 21.5 Å². The topological polar surface area (TPSA) is 35.5 Å². The lowest BCUT2D eigenvalue weighted by molar-refractivity contribution is -0.137. The van der Waals surface area contributed by atoms with Crippen molar-refractivity contribution in [2.75, 3.05) is 14.2 Å². The molecular weight excluding hydrogens is 401 g/mol. The molecule has 0 heterocycles. The summed E-state index contributed by atoms with van der Waals surface area (Å²) < 4.78 is 48.7. The largest absolute Gasteiger partial charge is 0.496 e. The Hall–Kier alpha value is -2.28. The van der Waals surface area contributed by atoms with Crippen molar-refractivity contribution in [1.29, 1.82) is 0 Å². The number of halogens is 4. The minimum absolute atomic E-state index is 0.163. The predicted octanol–water partition coefficient (Wildman–Crippen LogP) is 5.38. The average Bonchev–Trinajstić information content (AvgIpc) is 2.59. The number of ketones is 1. The van der Waals surface area contributed by atoms with Gasteiger partial charge < -0.3 is 9.47 Å². The SMILES string of the molecule is COc1cc(OC)c(/C=C/C(=O)c2ccc(C(F)(F)F)cc2)cc1Br. The van der Waals surface area contributed by atoms with Crippen LogP contribution in [0, 0.1) is 0 Å². The molecule has 0 atom stereocenters. The first kappa shape index (κ1) is 19.1. The Bertz CT molecular complexity index is 796. The Balaban J connectivity index is 2.24. The molecule has 0 radical (unpaired) electrons. The van der Waals surface area contributed by atoms with Crippen LogP contribution in [0.25, 0.3) is 6.08 Å². The third kappa shape index (κ3) is 4.63. The highest BCUT2D eigenvalue weighted by Gasteiger charge is 2.30. The van der Waals surface area contributed by atoms with E-state index in [2.05, 4.69) is 15.9 Å². The van der Waals surface area contributed by atoms with Gasteiger partial charge in [-0.25, -0.2) is 0 Å². The van der Waals surface area contributed by atoms with Gasteiger partial charge in [0.25, 0.3) is 0 Å². The van der Waals surface area contributed by atoms with Crippen LogP contribution in [-0.2, 0) is 6.18 Å². The van der Waals surface area contributed by atoms with Crippen molar-refractivity contribution in [3.63, 3.8) is 0 Å². The fourth-order valence-electron chi connectivity index (χ4n) is 2.10. The number of carbonyl (C=O) groups excluding carboxylic acids is 1. The molecule has 7 heteroatoms. The van der Waals surface area contributed by atoms with Crippen LogP contribution in [0.4, 0.5) is 13.2 Å². The van der Waals surface area contributed by atoms with E-state index < -0.39 is 17.5 Å². The molecule has 0 aliphatic rings. The van der Waals surface area contributed by atoms with Gasteiger partial charge in [0.1, 0.15) is 11.5 Å². The van der Waals surface area contributed by atoms with E-state index in [-0.39, 0.29) is 5.56 Å². The molecule has 25 heavy (non-hydrogen) atoms. The average molecular weight is 415 g/mol. The summed E-state index contributed by atoms with van der Waals surface area (Å²) in [4.78, 5) is 12.1. The molecule has 0 aliphatic carbocycles. The smallest absolute Gasteiger partial charge is 0.416 e. The van der Waals surface area contributed by atoms with Gasteiger partial charge in [-0.3, -0.25) is 4.79 Å². The quantitative estimate of drug-likeness (QED) is 0.486. The Morgan fingerprint density at radius 3 is 2.16 bits per heavy atom. The number of allylic oxidation sites excluding steroid dienone is 1. The summed E-state index contributed by atoms with van der Waals surface area (Å²) in [6, 6.07) is 7.44. The molecule has 132 valence electrons. The van der Waals surface area contributed by atoms with E-state index in [0.717, 1.165) is 24.3 Å². The normalized spacial score (nSPS) is 11.6. The molecule has 0 aromatic heterocycles. The zero-order valence-corrected chi connectivity index (χ0v) is 14.9. The first-order chi connectivity index (χ1) is 11.8. The highest BCUT2D eigenvalue weighted by molar-refractivity contribution is 9.10. The number of rotatable bonds is 5. The highest BCUT2D eigenvalue weighted by Crippen LogP contribution is 2.33. The number of alkyl halides is 3. The monoisotopic (exact) mass is 414 g/mol. The summed E-state index contributed by atoms with van der Waals surface area (Å²) in [7, 11) is 3.00. The summed E-state index contributed by atoms with van der Waals surface area (Å²) in [5.41, 5.74) is -0.0139. The maximum atomic E-state index is 12.5. The number of carbonyl (C=O) groups is 1. The predicted molar refractivity (Wildman–Crippen MR) is 92.1 cm³/mol. The third-order valence-corrected chi connectivity index (χ3v) is 4.03. The van der Waals surface area contributed by atoms with Gasteiger partial charge in [0, 0.05) is 17.2 Å². The zero-order chi connectivity index (χ0) is 18.6. The molecule has 0 amide bonds. The minimum atomic E-state index is -4.43. The molecule has 2 rings (SSSR count). The first-order valence-corrected chi connectivity index (χ1v) is 7.86. The molecule has 0 fully saturated rings. The fourth-order valence-corrected chi connectivity index (χ4v) is 2.62. The zero-order valence-electron chi connectivity index (χ0n) is 13.4. The van der Waals surface area contributed by atoms with E-state index in [4.69, 9.17) is 9.47 Å². The van der Waals surface area contributed by atoms with Crippen LogP contribution in [-0.4, -0.2) is 20.0 Å². The van der Waals surface area contributed by atoms with Crippen LogP contribution < -0.4 is 9.47 Å². The van der Waals surface area contributed by atoms with Crippen molar-refractivity contribution >= 4 is 27.8 Å². The maximum Gasteiger partial charge on any atom is 0.416 e. The van der Waals surface area contributed by atoms with E-state index in [1.807, 2.05) is 0 Å². The molecule has 0 saturated carbocycles. The Morgan fingerprint density at radius 1 is 1.04 bits per heavy atom. The number of hydrogen-bond donors (Lipinski definition) is 0. The van der Waals surface area contributed by atoms with Gasteiger partial charge in [-0.15, -0.1) is 0 Å². The maximum absolute atomic E-state index is 12.5. The van der Waals surface area contributed by atoms with Gasteiger partial charge in [-0.2, -0.15) is 13.2 Å². The summed E-state index contributed by atoms with van der Waals surface area (Å²) in [6.07, 6.45) is -1.62. The van der Waals surface area contributed by atoms with Gasteiger partial charge in [0.2, 0.25) is 0 Å². The molecule has 0 spiro atoms. The molecular formula is C18H14BrF3O3. The Labute approximate surface area is 151 Å². The second-order valence-corrected chi connectivity index (χ2v) is 5.86. The number of hydrogen-bond acceptors (Lipinski definition) is 3. The number of methoxy groups -OCH3 is 2. The van der Waals surface area contributed by atoms with Crippen molar-refractivity contribution in [2.24, 2.45) is 0 Å². The lowest BCUT2D eigenvalue weighted by Crippen LogP contribution is -2.05.